The molecule has 0 amide bonds. The molecule has 0 aliphatic carbocycles. The Morgan fingerprint density at radius 3 is 2.31 bits per heavy atom. The first-order valence-corrected chi connectivity index (χ1v) is 4.60. The summed E-state index contributed by atoms with van der Waals surface area (Å²) in [7, 11) is 4.80. The van der Waals surface area contributed by atoms with E-state index in [9.17, 15) is 9.59 Å². The van der Waals surface area contributed by atoms with Crippen LogP contribution < -0.4 is 4.90 Å². The molecule has 1 rings (SSSR count). The van der Waals surface area contributed by atoms with Crippen molar-refractivity contribution in [1.29, 1.82) is 0 Å². The number of rotatable bonds is 3. The molecular formula is C11H13NO4. The fourth-order valence-electron chi connectivity index (χ4n) is 1.28. The highest BCUT2D eigenvalue weighted by atomic mass is 16.5. The van der Waals surface area contributed by atoms with Gasteiger partial charge in [0.05, 0.1) is 18.2 Å². The Bertz CT molecular complexity index is 426. The fraction of sp³-hybridized carbons (Fsp3) is 0.273. The largest absolute Gasteiger partial charge is 0.478 e. The van der Waals surface area contributed by atoms with Gasteiger partial charge in [0.1, 0.15) is 0 Å². The van der Waals surface area contributed by atoms with Crippen LogP contribution in [0.25, 0.3) is 0 Å². The van der Waals surface area contributed by atoms with Crippen molar-refractivity contribution in [3.05, 3.63) is 29.3 Å². The molecule has 0 heterocycles. The summed E-state index contributed by atoms with van der Waals surface area (Å²) in [5, 5.41) is 8.99. The number of carbonyl (C=O) groups excluding carboxylic acids is 1. The normalized spacial score (nSPS) is 9.69. The molecular weight excluding hydrogens is 210 g/mol. The van der Waals surface area contributed by atoms with E-state index < -0.39 is 11.9 Å². The van der Waals surface area contributed by atoms with Gasteiger partial charge in [0.15, 0.2) is 0 Å². The molecule has 0 bridgehead atoms. The van der Waals surface area contributed by atoms with Crippen molar-refractivity contribution in [2.24, 2.45) is 0 Å². The monoisotopic (exact) mass is 223 g/mol. The van der Waals surface area contributed by atoms with Crippen LogP contribution in [-0.4, -0.2) is 38.3 Å². The molecule has 86 valence electrons. The molecule has 5 heteroatoms. The summed E-state index contributed by atoms with van der Waals surface area (Å²) in [6.45, 7) is 0. The summed E-state index contributed by atoms with van der Waals surface area (Å²) in [5.41, 5.74) is 0.712. The third-order valence-corrected chi connectivity index (χ3v) is 2.16. The van der Waals surface area contributed by atoms with Crippen molar-refractivity contribution >= 4 is 17.6 Å². The first-order valence-electron chi connectivity index (χ1n) is 4.60. The lowest BCUT2D eigenvalue weighted by Gasteiger charge is -2.14. The predicted molar refractivity (Wildman–Crippen MR) is 59.1 cm³/mol. The van der Waals surface area contributed by atoms with Gasteiger partial charge in [0.25, 0.3) is 0 Å². The minimum absolute atomic E-state index is 0.0561. The van der Waals surface area contributed by atoms with Crippen LogP contribution in [0.15, 0.2) is 18.2 Å². The van der Waals surface area contributed by atoms with Crippen LogP contribution >= 0.6 is 0 Å². The number of carboxylic acid groups (broad SMARTS) is 1. The minimum Gasteiger partial charge on any atom is -0.478 e. The highest BCUT2D eigenvalue weighted by Crippen LogP contribution is 2.18. The first-order chi connectivity index (χ1) is 7.47. The Morgan fingerprint density at radius 2 is 1.88 bits per heavy atom. The minimum atomic E-state index is -1.15. The van der Waals surface area contributed by atoms with E-state index in [1.165, 1.54) is 19.2 Å². The number of ether oxygens (including phenoxy) is 1. The van der Waals surface area contributed by atoms with Crippen LogP contribution in [0.1, 0.15) is 20.7 Å². The number of hydrogen-bond acceptors (Lipinski definition) is 4. The second kappa shape index (κ2) is 4.65. The van der Waals surface area contributed by atoms with Crippen molar-refractivity contribution in [2.45, 2.75) is 0 Å². The number of benzene rings is 1. The van der Waals surface area contributed by atoms with Crippen LogP contribution in [0.2, 0.25) is 0 Å². The van der Waals surface area contributed by atoms with E-state index in [0.29, 0.717) is 5.69 Å². The molecule has 1 aromatic rings. The van der Waals surface area contributed by atoms with E-state index in [2.05, 4.69) is 4.74 Å². The predicted octanol–water partition coefficient (Wildman–Crippen LogP) is 1.24. The average Bonchev–Trinajstić information content (AvgIpc) is 2.26. The van der Waals surface area contributed by atoms with Gasteiger partial charge in [-0.15, -0.1) is 0 Å². The number of esters is 1. The Hall–Kier alpha value is -2.04. The highest BCUT2D eigenvalue weighted by Gasteiger charge is 2.17. The molecule has 1 N–H and O–H groups in total. The third-order valence-electron chi connectivity index (χ3n) is 2.16. The number of methoxy groups -OCH3 is 1. The molecule has 0 aliphatic heterocycles. The summed E-state index contributed by atoms with van der Waals surface area (Å²) in [5.74, 6) is -1.80. The molecule has 0 spiro atoms. The molecule has 0 aliphatic rings. The Morgan fingerprint density at radius 1 is 1.25 bits per heavy atom. The van der Waals surface area contributed by atoms with Gasteiger partial charge in [-0.05, 0) is 18.2 Å². The van der Waals surface area contributed by atoms with Crippen LogP contribution in [0.4, 0.5) is 5.69 Å². The average molecular weight is 223 g/mol. The van der Waals surface area contributed by atoms with E-state index in [-0.39, 0.29) is 11.1 Å². The van der Waals surface area contributed by atoms with Gasteiger partial charge in [0, 0.05) is 19.8 Å². The molecule has 5 nitrogen and oxygen atoms in total. The van der Waals surface area contributed by atoms with Crippen LogP contribution in [0.5, 0.6) is 0 Å². The Balaban J connectivity index is 3.30. The second-order valence-electron chi connectivity index (χ2n) is 3.42. The SMILES string of the molecule is COC(=O)c1ccc(N(C)C)cc1C(=O)O. The first kappa shape index (κ1) is 12.0. The smallest absolute Gasteiger partial charge is 0.338 e. The summed E-state index contributed by atoms with van der Waals surface area (Å²) in [6.07, 6.45) is 0. The Labute approximate surface area is 93.2 Å². The van der Waals surface area contributed by atoms with Gasteiger partial charge in [0.2, 0.25) is 0 Å². The lowest BCUT2D eigenvalue weighted by atomic mass is 10.1. The summed E-state index contributed by atoms with van der Waals surface area (Å²) in [6, 6.07) is 4.55. The summed E-state index contributed by atoms with van der Waals surface area (Å²) in [4.78, 5) is 24.1. The molecule has 0 radical (unpaired) electrons. The zero-order chi connectivity index (χ0) is 12.3. The zero-order valence-electron chi connectivity index (χ0n) is 9.35. The van der Waals surface area contributed by atoms with Crippen molar-refractivity contribution < 1.29 is 19.4 Å². The number of nitrogens with zero attached hydrogens (tertiary/aromatic N) is 1. The maximum atomic E-state index is 11.3. The van der Waals surface area contributed by atoms with Crippen molar-refractivity contribution in [3.8, 4) is 0 Å². The number of carboxylic acids is 1. The van der Waals surface area contributed by atoms with Gasteiger partial charge in [-0.1, -0.05) is 0 Å². The van der Waals surface area contributed by atoms with Crippen LogP contribution in [0.3, 0.4) is 0 Å². The second-order valence-corrected chi connectivity index (χ2v) is 3.42. The van der Waals surface area contributed by atoms with Gasteiger partial charge in [-0.25, -0.2) is 9.59 Å². The van der Waals surface area contributed by atoms with Crippen molar-refractivity contribution in [2.75, 3.05) is 26.1 Å². The summed E-state index contributed by atoms with van der Waals surface area (Å²) >= 11 is 0. The van der Waals surface area contributed by atoms with E-state index in [1.54, 1.807) is 25.1 Å². The van der Waals surface area contributed by atoms with E-state index >= 15 is 0 Å². The topological polar surface area (TPSA) is 66.8 Å². The molecule has 1 aromatic carbocycles. The molecule has 0 unspecified atom stereocenters. The molecule has 16 heavy (non-hydrogen) atoms. The van der Waals surface area contributed by atoms with Gasteiger partial charge in [-0.3, -0.25) is 0 Å². The third kappa shape index (κ3) is 2.31. The number of aromatic carboxylic acids is 1. The zero-order valence-corrected chi connectivity index (χ0v) is 9.35. The van der Waals surface area contributed by atoms with Gasteiger partial charge in [-0.2, -0.15) is 0 Å². The fourth-order valence-corrected chi connectivity index (χ4v) is 1.28. The van der Waals surface area contributed by atoms with E-state index in [1.807, 2.05) is 0 Å². The maximum Gasteiger partial charge on any atom is 0.338 e. The number of anilines is 1. The molecule has 0 saturated carbocycles. The summed E-state index contributed by atoms with van der Waals surface area (Å²) < 4.78 is 4.51. The number of hydrogen-bond donors (Lipinski definition) is 1. The Kier molecular flexibility index (Phi) is 3.50. The highest BCUT2D eigenvalue weighted by molar-refractivity contribution is 6.03. The van der Waals surface area contributed by atoms with Crippen molar-refractivity contribution in [1.82, 2.24) is 0 Å². The molecule has 0 saturated heterocycles. The van der Waals surface area contributed by atoms with Gasteiger partial charge >= 0.3 is 11.9 Å². The van der Waals surface area contributed by atoms with Crippen molar-refractivity contribution in [3.63, 3.8) is 0 Å². The molecule has 0 atom stereocenters. The lowest BCUT2D eigenvalue weighted by Crippen LogP contribution is -2.14. The quantitative estimate of drug-likeness (QED) is 0.781. The van der Waals surface area contributed by atoms with E-state index in [0.717, 1.165) is 0 Å². The standard InChI is InChI=1S/C11H13NO4/c1-12(2)7-4-5-8(11(15)16-3)9(6-7)10(13)14/h4-6H,1-3H3,(H,13,14). The maximum absolute atomic E-state index is 11.3. The number of carbonyl (C=O) groups is 2. The van der Waals surface area contributed by atoms with E-state index in [4.69, 9.17) is 5.11 Å². The van der Waals surface area contributed by atoms with Crippen LogP contribution in [-0.2, 0) is 4.74 Å². The molecule has 0 aromatic heterocycles. The van der Waals surface area contributed by atoms with Crippen LogP contribution in [0, 0.1) is 0 Å². The van der Waals surface area contributed by atoms with Gasteiger partial charge < -0.3 is 14.7 Å². The molecule has 0 fully saturated rings. The lowest BCUT2D eigenvalue weighted by molar-refractivity contribution is 0.0582.